The maximum Gasteiger partial charge on any atom is 0.248 e. The van der Waals surface area contributed by atoms with Crippen molar-refractivity contribution < 1.29 is 13.2 Å². The van der Waals surface area contributed by atoms with Gasteiger partial charge in [0.05, 0.1) is 23.7 Å². The molecule has 0 saturated heterocycles. The molecule has 3 aromatic rings. The van der Waals surface area contributed by atoms with Gasteiger partial charge < -0.3 is 10.6 Å². The Hall–Kier alpha value is -3.17. The van der Waals surface area contributed by atoms with Crippen LogP contribution in [0.4, 0.5) is 30.6 Å². The molecule has 7 nitrogen and oxygen atoms in total. The van der Waals surface area contributed by atoms with Crippen molar-refractivity contribution in [3.63, 3.8) is 0 Å². The zero-order valence-electron chi connectivity index (χ0n) is 19.1. The van der Waals surface area contributed by atoms with E-state index in [-0.39, 0.29) is 31.5 Å². The topological polar surface area (TPSA) is 79.5 Å². The zero-order valence-corrected chi connectivity index (χ0v) is 19.1. The summed E-state index contributed by atoms with van der Waals surface area (Å²) in [4.78, 5) is 14.0. The number of pyridine rings is 1. The summed E-state index contributed by atoms with van der Waals surface area (Å²) in [7, 11) is 1.79. The van der Waals surface area contributed by atoms with Crippen LogP contribution in [0.2, 0.25) is 0 Å². The molecule has 0 radical (unpaired) electrons. The number of anilines is 2. The highest BCUT2D eigenvalue weighted by Crippen LogP contribution is 2.38. The number of aromatic nitrogens is 4. The summed E-state index contributed by atoms with van der Waals surface area (Å²) in [5.74, 6) is -1.46. The first-order valence-electron chi connectivity index (χ1n) is 11.8. The van der Waals surface area contributed by atoms with Crippen LogP contribution >= 0.6 is 0 Å². The van der Waals surface area contributed by atoms with Crippen molar-refractivity contribution >= 4 is 29.2 Å². The van der Waals surface area contributed by atoms with Crippen molar-refractivity contribution in [2.75, 3.05) is 24.4 Å². The van der Waals surface area contributed by atoms with Crippen molar-refractivity contribution in [1.82, 2.24) is 19.6 Å². The largest absolute Gasteiger partial charge is 0.371 e. The lowest BCUT2D eigenvalue weighted by atomic mass is 9.92. The standard InChI is InChI=1S/C24H28F3N7/c1-28-22-21-17(18-5-6-19-20(31-18)15(14-29-19)4-2-3-12-25)9-13-34(21)33-23(32-22)30-16-7-10-24(26,27)11-8-16/h5-6,9,13-16H,2-4,7-8,10-12H2,1H3,(H2,28,30,32,33). The Balaban J connectivity index is 1.42. The number of nitrogens with one attached hydrogen (secondary N) is 2. The lowest BCUT2D eigenvalue weighted by Crippen LogP contribution is -2.32. The second-order valence-electron chi connectivity index (χ2n) is 9.00. The van der Waals surface area contributed by atoms with Gasteiger partial charge in [-0.25, -0.2) is 18.3 Å². The molecule has 1 fully saturated rings. The number of hydrogen-bond acceptors (Lipinski definition) is 6. The number of rotatable bonds is 8. The molecule has 34 heavy (non-hydrogen) atoms. The molecular formula is C24H28F3N7. The zero-order chi connectivity index (χ0) is 23.7. The van der Waals surface area contributed by atoms with E-state index in [0.29, 0.717) is 31.0 Å². The minimum atomic E-state index is -2.57. The van der Waals surface area contributed by atoms with Gasteiger partial charge in [-0.2, -0.15) is 4.98 Å². The molecule has 10 heteroatoms. The van der Waals surface area contributed by atoms with Gasteiger partial charge in [0.15, 0.2) is 5.82 Å². The molecule has 4 heterocycles. The molecule has 0 aromatic carbocycles. The van der Waals surface area contributed by atoms with Crippen LogP contribution in [-0.2, 0) is 0 Å². The molecule has 3 aromatic heterocycles. The van der Waals surface area contributed by atoms with E-state index in [0.717, 1.165) is 41.0 Å². The van der Waals surface area contributed by atoms with Gasteiger partial charge in [0.1, 0.15) is 5.52 Å². The molecule has 180 valence electrons. The SMILES string of the molecule is CNc1nc(NC2CCC(F)(F)CC2)nn2ccc(-c3ccc4c(n3)C(CCCCF)C=N4)c12. The lowest BCUT2D eigenvalue weighted by molar-refractivity contribution is -0.0361. The minimum Gasteiger partial charge on any atom is -0.371 e. The number of aliphatic imine (C=N–C) groups is 1. The van der Waals surface area contributed by atoms with Gasteiger partial charge in [0.25, 0.3) is 0 Å². The third-order valence-electron chi connectivity index (χ3n) is 6.62. The van der Waals surface area contributed by atoms with Gasteiger partial charge in [-0.15, -0.1) is 5.10 Å². The molecule has 1 aliphatic heterocycles. The van der Waals surface area contributed by atoms with Gasteiger partial charge in [0, 0.05) is 49.8 Å². The number of unbranched alkanes of at least 4 members (excludes halogenated alkanes) is 1. The average Bonchev–Trinajstić information content (AvgIpc) is 3.44. The first kappa shape index (κ1) is 22.6. The maximum absolute atomic E-state index is 13.5. The minimum absolute atomic E-state index is 0.0791. The molecular weight excluding hydrogens is 443 g/mol. The Morgan fingerprint density at radius 3 is 2.71 bits per heavy atom. The fourth-order valence-corrected chi connectivity index (χ4v) is 4.74. The van der Waals surface area contributed by atoms with Crippen molar-refractivity contribution in [1.29, 1.82) is 0 Å². The smallest absolute Gasteiger partial charge is 0.248 e. The van der Waals surface area contributed by atoms with Gasteiger partial charge in [-0.3, -0.25) is 9.38 Å². The maximum atomic E-state index is 13.5. The summed E-state index contributed by atoms with van der Waals surface area (Å²) in [5.41, 5.74) is 4.22. The van der Waals surface area contributed by atoms with E-state index in [1.54, 1.807) is 11.6 Å². The third kappa shape index (κ3) is 4.45. The van der Waals surface area contributed by atoms with Crippen molar-refractivity contribution in [2.45, 2.75) is 62.8 Å². The number of hydrogen-bond donors (Lipinski definition) is 2. The lowest BCUT2D eigenvalue weighted by Gasteiger charge is -2.28. The highest BCUT2D eigenvalue weighted by atomic mass is 19.3. The van der Waals surface area contributed by atoms with Crippen LogP contribution in [0.15, 0.2) is 29.4 Å². The van der Waals surface area contributed by atoms with E-state index in [2.05, 4.69) is 25.7 Å². The van der Waals surface area contributed by atoms with E-state index >= 15 is 0 Å². The Bertz CT molecular complexity index is 1200. The van der Waals surface area contributed by atoms with Crippen LogP contribution in [0.5, 0.6) is 0 Å². The summed E-state index contributed by atoms with van der Waals surface area (Å²) in [6.45, 7) is -0.308. The predicted molar refractivity (Wildman–Crippen MR) is 127 cm³/mol. The van der Waals surface area contributed by atoms with Crippen LogP contribution in [0.1, 0.15) is 56.6 Å². The summed E-state index contributed by atoms with van der Waals surface area (Å²) < 4.78 is 41.2. The summed E-state index contributed by atoms with van der Waals surface area (Å²) in [6, 6.07) is 5.76. The molecule has 2 aliphatic rings. The molecule has 0 amide bonds. The Labute approximate surface area is 195 Å². The molecule has 1 saturated carbocycles. The Morgan fingerprint density at radius 1 is 1.12 bits per heavy atom. The predicted octanol–water partition coefficient (Wildman–Crippen LogP) is 5.76. The molecule has 1 aliphatic carbocycles. The van der Waals surface area contributed by atoms with Crippen LogP contribution in [-0.4, -0.2) is 51.5 Å². The van der Waals surface area contributed by atoms with Crippen LogP contribution < -0.4 is 10.6 Å². The first-order valence-corrected chi connectivity index (χ1v) is 11.8. The fraction of sp³-hybridized carbons (Fsp3) is 0.500. The van der Waals surface area contributed by atoms with E-state index in [4.69, 9.17) is 4.98 Å². The van der Waals surface area contributed by atoms with E-state index in [9.17, 15) is 13.2 Å². The van der Waals surface area contributed by atoms with Gasteiger partial charge >= 0.3 is 0 Å². The Morgan fingerprint density at radius 2 is 1.94 bits per heavy atom. The highest BCUT2D eigenvalue weighted by molar-refractivity contribution is 5.88. The Kier molecular flexibility index (Phi) is 6.14. The number of alkyl halides is 3. The fourth-order valence-electron chi connectivity index (χ4n) is 4.74. The number of halogens is 3. The summed E-state index contributed by atoms with van der Waals surface area (Å²) in [5, 5.41) is 10.9. The molecule has 0 spiro atoms. The third-order valence-corrected chi connectivity index (χ3v) is 6.62. The molecule has 5 rings (SSSR count). The number of nitrogens with zero attached hydrogens (tertiary/aromatic N) is 5. The molecule has 1 unspecified atom stereocenters. The normalized spacial score (nSPS) is 19.5. The molecule has 0 bridgehead atoms. The second kappa shape index (κ2) is 9.23. The summed E-state index contributed by atoms with van der Waals surface area (Å²) >= 11 is 0. The van der Waals surface area contributed by atoms with Crippen molar-refractivity contribution in [2.24, 2.45) is 4.99 Å². The van der Waals surface area contributed by atoms with Crippen LogP contribution in [0.3, 0.4) is 0 Å². The highest BCUT2D eigenvalue weighted by Gasteiger charge is 2.35. The number of fused-ring (bicyclic) bond motifs is 2. The van der Waals surface area contributed by atoms with Crippen molar-refractivity contribution in [3.05, 3.63) is 30.1 Å². The van der Waals surface area contributed by atoms with Crippen LogP contribution in [0, 0.1) is 0 Å². The van der Waals surface area contributed by atoms with Crippen molar-refractivity contribution in [3.8, 4) is 11.3 Å². The second-order valence-corrected chi connectivity index (χ2v) is 9.00. The molecule has 2 N–H and O–H groups in total. The molecule has 1 atom stereocenters. The average molecular weight is 472 g/mol. The van der Waals surface area contributed by atoms with Crippen LogP contribution in [0.25, 0.3) is 16.8 Å². The van der Waals surface area contributed by atoms with E-state index in [1.165, 1.54) is 0 Å². The van der Waals surface area contributed by atoms with Gasteiger partial charge in [-0.1, -0.05) is 0 Å². The first-order chi connectivity index (χ1) is 16.5. The monoisotopic (exact) mass is 471 g/mol. The van der Waals surface area contributed by atoms with E-state index < -0.39 is 5.92 Å². The summed E-state index contributed by atoms with van der Waals surface area (Å²) in [6.07, 6.45) is 6.42. The van der Waals surface area contributed by atoms with E-state index in [1.807, 2.05) is 30.6 Å². The van der Waals surface area contributed by atoms with Gasteiger partial charge in [-0.05, 0) is 50.3 Å². The quantitative estimate of drug-likeness (QED) is 0.408. The van der Waals surface area contributed by atoms with Gasteiger partial charge in [0.2, 0.25) is 11.9 Å².